The highest BCUT2D eigenvalue weighted by atomic mass is 16.5. The van der Waals surface area contributed by atoms with Crippen LogP contribution in [-0.4, -0.2) is 32.7 Å². The summed E-state index contributed by atoms with van der Waals surface area (Å²) in [6.45, 7) is 6.17. The third kappa shape index (κ3) is 1.98. The van der Waals surface area contributed by atoms with E-state index in [1.807, 2.05) is 6.07 Å². The highest BCUT2D eigenvalue weighted by Gasteiger charge is 2.21. The maximum Gasteiger partial charge on any atom is 0.378 e. The van der Waals surface area contributed by atoms with Crippen LogP contribution in [0.5, 0.6) is 0 Å². The van der Waals surface area contributed by atoms with E-state index in [2.05, 4.69) is 40.6 Å². The van der Waals surface area contributed by atoms with Crippen molar-refractivity contribution < 1.29 is 9.53 Å². The van der Waals surface area contributed by atoms with Crippen molar-refractivity contribution in [2.45, 2.75) is 26.2 Å². The van der Waals surface area contributed by atoms with E-state index >= 15 is 0 Å². The number of ether oxygens (including phenoxy) is 1. The minimum atomic E-state index is -0.560. The molecule has 90 valence electrons. The molecule has 0 aromatic carbocycles. The van der Waals surface area contributed by atoms with Gasteiger partial charge in [-0.1, -0.05) is 20.8 Å². The van der Waals surface area contributed by atoms with E-state index in [-0.39, 0.29) is 11.2 Å². The molecule has 17 heavy (non-hydrogen) atoms. The third-order valence-electron chi connectivity index (χ3n) is 2.38. The Morgan fingerprint density at radius 2 is 2.12 bits per heavy atom. The van der Waals surface area contributed by atoms with Crippen LogP contribution in [0.15, 0.2) is 12.3 Å². The number of methoxy groups -OCH3 is 1. The summed E-state index contributed by atoms with van der Waals surface area (Å²) in [6.07, 6.45) is 1.66. The monoisotopic (exact) mass is 234 g/mol. The molecule has 0 aliphatic carbocycles. The van der Waals surface area contributed by atoms with E-state index < -0.39 is 5.97 Å². The fourth-order valence-corrected chi connectivity index (χ4v) is 1.54. The van der Waals surface area contributed by atoms with E-state index in [9.17, 15) is 4.79 Å². The van der Waals surface area contributed by atoms with E-state index in [4.69, 9.17) is 0 Å². The molecular formula is C11H14N4O2. The molecule has 0 radical (unpaired) electrons. The van der Waals surface area contributed by atoms with Gasteiger partial charge in [0.2, 0.25) is 0 Å². The van der Waals surface area contributed by atoms with Crippen LogP contribution < -0.4 is 0 Å². The molecule has 2 heterocycles. The quantitative estimate of drug-likeness (QED) is 0.693. The standard InChI is InChI=1S/C11H14N4O2/c1-11(2,3)7-5-6-12-10-13-8(9(16)17-4)14-15(7)10/h5-6H,1-4H3. The van der Waals surface area contributed by atoms with Crippen LogP contribution in [0, 0.1) is 0 Å². The summed E-state index contributed by atoms with van der Waals surface area (Å²) < 4.78 is 6.16. The Labute approximate surface area is 98.6 Å². The lowest BCUT2D eigenvalue weighted by atomic mass is 9.92. The Balaban J connectivity index is 2.65. The zero-order valence-corrected chi connectivity index (χ0v) is 10.3. The molecule has 0 unspecified atom stereocenters. The van der Waals surface area contributed by atoms with Gasteiger partial charge in [0, 0.05) is 11.6 Å². The van der Waals surface area contributed by atoms with Crippen LogP contribution in [0.3, 0.4) is 0 Å². The third-order valence-corrected chi connectivity index (χ3v) is 2.38. The first-order valence-corrected chi connectivity index (χ1v) is 5.24. The maximum absolute atomic E-state index is 11.4. The number of rotatable bonds is 1. The van der Waals surface area contributed by atoms with Crippen molar-refractivity contribution in [2.24, 2.45) is 0 Å². The van der Waals surface area contributed by atoms with Crippen molar-refractivity contribution in [3.63, 3.8) is 0 Å². The topological polar surface area (TPSA) is 69.4 Å². The zero-order valence-electron chi connectivity index (χ0n) is 10.3. The molecule has 2 rings (SSSR count). The van der Waals surface area contributed by atoms with Gasteiger partial charge in [0.05, 0.1) is 12.8 Å². The predicted octanol–water partition coefficient (Wildman–Crippen LogP) is 1.21. The predicted molar refractivity (Wildman–Crippen MR) is 60.8 cm³/mol. The second-order valence-corrected chi connectivity index (χ2v) is 4.72. The Morgan fingerprint density at radius 3 is 2.71 bits per heavy atom. The number of aromatic nitrogens is 4. The Bertz CT molecular complexity index is 568. The lowest BCUT2D eigenvalue weighted by molar-refractivity contribution is 0.0587. The molecule has 0 spiro atoms. The van der Waals surface area contributed by atoms with Crippen LogP contribution in [0.2, 0.25) is 0 Å². The van der Waals surface area contributed by atoms with Crippen LogP contribution in [0.1, 0.15) is 37.1 Å². The minimum Gasteiger partial charge on any atom is -0.463 e. The minimum absolute atomic E-state index is 0.0247. The first-order valence-electron chi connectivity index (χ1n) is 5.24. The second-order valence-electron chi connectivity index (χ2n) is 4.72. The number of carbonyl (C=O) groups is 1. The van der Waals surface area contributed by atoms with Crippen molar-refractivity contribution >= 4 is 11.7 Å². The van der Waals surface area contributed by atoms with Gasteiger partial charge < -0.3 is 4.74 Å². The first-order chi connectivity index (χ1) is 7.93. The maximum atomic E-state index is 11.4. The van der Waals surface area contributed by atoms with E-state index in [0.717, 1.165) is 5.69 Å². The molecule has 0 bridgehead atoms. The molecule has 0 amide bonds. The highest BCUT2D eigenvalue weighted by molar-refractivity contribution is 5.85. The zero-order chi connectivity index (χ0) is 12.6. The van der Waals surface area contributed by atoms with E-state index in [0.29, 0.717) is 5.78 Å². The number of hydrogen-bond donors (Lipinski definition) is 0. The van der Waals surface area contributed by atoms with Gasteiger partial charge in [-0.05, 0) is 6.07 Å². The summed E-state index contributed by atoms with van der Waals surface area (Å²) in [5, 5.41) is 4.12. The fraction of sp³-hybridized carbons (Fsp3) is 0.455. The number of esters is 1. The molecule has 0 fully saturated rings. The van der Waals surface area contributed by atoms with Crippen LogP contribution >= 0.6 is 0 Å². The lowest BCUT2D eigenvalue weighted by Crippen LogP contribution is -2.17. The Morgan fingerprint density at radius 1 is 1.41 bits per heavy atom. The molecule has 2 aromatic rings. The smallest absolute Gasteiger partial charge is 0.378 e. The second kappa shape index (κ2) is 3.80. The largest absolute Gasteiger partial charge is 0.463 e. The normalized spacial score (nSPS) is 11.8. The fourth-order valence-electron chi connectivity index (χ4n) is 1.54. The molecule has 6 nitrogen and oxygen atoms in total. The van der Waals surface area contributed by atoms with Gasteiger partial charge in [0.15, 0.2) is 0 Å². The molecule has 0 N–H and O–H groups in total. The van der Waals surface area contributed by atoms with Gasteiger partial charge >= 0.3 is 5.97 Å². The summed E-state index contributed by atoms with van der Waals surface area (Å²) in [4.78, 5) is 19.5. The average molecular weight is 234 g/mol. The Hall–Kier alpha value is -1.98. The Kier molecular flexibility index (Phi) is 2.57. The molecule has 0 aliphatic rings. The van der Waals surface area contributed by atoms with Crippen LogP contribution in [-0.2, 0) is 10.2 Å². The van der Waals surface area contributed by atoms with Crippen molar-refractivity contribution in [3.8, 4) is 0 Å². The van der Waals surface area contributed by atoms with Crippen LogP contribution in [0.25, 0.3) is 5.78 Å². The SMILES string of the molecule is COC(=O)c1nc2nccc(C(C)(C)C)n2n1. The van der Waals surface area contributed by atoms with E-state index in [1.165, 1.54) is 7.11 Å². The van der Waals surface area contributed by atoms with Crippen molar-refractivity contribution in [3.05, 3.63) is 23.8 Å². The molecule has 6 heteroatoms. The van der Waals surface area contributed by atoms with Crippen molar-refractivity contribution in [1.29, 1.82) is 0 Å². The summed E-state index contributed by atoms with van der Waals surface area (Å²) >= 11 is 0. The number of nitrogens with zero attached hydrogens (tertiary/aromatic N) is 4. The van der Waals surface area contributed by atoms with Gasteiger partial charge in [-0.15, -0.1) is 5.10 Å². The number of carbonyl (C=O) groups excluding carboxylic acids is 1. The first kappa shape index (κ1) is 11.5. The van der Waals surface area contributed by atoms with Gasteiger partial charge in [-0.3, -0.25) is 0 Å². The molecule has 0 aliphatic heterocycles. The molecule has 0 saturated heterocycles. The van der Waals surface area contributed by atoms with Crippen molar-refractivity contribution in [2.75, 3.05) is 7.11 Å². The number of fused-ring (bicyclic) bond motifs is 1. The lowest BCUT2D eigenvalue weighted by Gasteiger charge is -2.18. The van der Waals surface area contributed by atoms with Gasteiger partial charge in [0.1, 0.15) is 0 Å². The molecular weight excluding hydrogens is 220 g/mol. The van der Waals surface area contributed by atoms with E-state index in [1.54, 1.807) is 10.7 Å². The van der Waals surface area contributed by atoms with Gasteiger partial charge in [-0.25, -0.2) is 9.78 Å². The summed E-state index contributed by atoms with van der Waals surface area (Å²) in [5.74, 6) is -0.134. The summed E-state index contributed by atoms with van der Waals surface area (Å²) in [7, 11) is 1.30. The summed E-state index contributed by atoms with van der Waals surface area (Å²) in [6, 6.07) is 1.86. The number of hydrogen-bond acceptors (Lipinski definition) is 5. The average Bonchev–Trinajstić information content (AvgIpc) is 2.69. The van der Waals surface area contributed by atoms with Crippen molar-refractivity contribution in [1.82, 2.24) is 19.6 Å². The van der Waals surface area contributed by atoms with Crippen LogP contribution in [0.4, 0.5) is 0 Å². The highest BCUT2D eigenvalue weighted by Crippen LogP contribution is 2.21. The summed E-state index contributed by atoms with van der Waals surface area (Å²) in [5.41, 5.74) is 0.826. The molecule has 0 atom stereocenters. The van der Waals surface area contributed by atoms with Gasteiger partial charge in [0.25, 0.3) is 11.6 Å². The van der Waals surface area contributed by atoms with Gasteiger partial charge in [-0.2, -0.15) is 9.50 Å². The molecule has 0 saturated carbocycles. The molecule has 2 aromatic heterocycles.